The summed E-state index contributed by atoms with van der Waals surface area (Å²) < 4.78 is 1.20. The Labute approximate surface area is 79.2 Å². The molecule has 2 rings (SSSR count). The van der Waals surface area contributed by atoms with Gasteiger partial charge in [-0.2, -0.15) is 0 Å². The lowest BCUT2D eigenvalue weighted by atomic mass is 10.3. The summed E-state index contributed by atoms with van der Waals surface area (Å²) in [6.45, 7) is 0. The summed E-state index contributed by atoms with van der Waals surface area (Å²) in [6.07, 6.45) is 0. The molecule has 0 atom stereocenters. The quantitative estimate of drug-likeness (QED) is 0.614. The average molecular weight is 201 g/mol. The van der Waals surface area contributed by atoms with Crippen LogP contribution in [0, 0.1) is 0 Å². The SMILES string of the molecule is Sc1ccc2c(Cl)csc2c1. The monoisotopic (exact) mass is 200 g/mol. The number of benzene rings is 1. The molecule has 0 radical (unpaired) electrons. The van der Waals surface area contributed by atoms with Crippen LogP contribution in [0.5, 0.6) is 0 Å². The van der Waals surface area contributed by atoms with Gasteiger partial charge in [-0.15, -0.1) is 24.0 Å². The van der Waals surface area contributed by atoms with Crippen molar-refractivity contribution in [3.05, 3.63) is 28.6 Å². The first kappa shape index (κ1) is 7.47. The van der Waals surface area contributed by atoms with Gasteiger partial charge in [0.2, 0.25) is 0 Å². The molecule has 0 aliphatic carbocycles. The molecule has 0 fully saturated rings. The van der Waals surface area contributed by atoms with Crippen LogP contribution >= 0.6 is 35.6 Å². The van der Waals surface area contributed by atoms with E-state index in [2.05, 4.69) is 12.6 Å². The van der Waals surface area contributed by atoms with Gasteiger partial charge in [0.15, 0.2) is 0 Å². The molecule has 1 aromatic heterocycles. The van der Waals surface area contributed by atoms with Gasteiger partial charge >= 0.3 is 0 Å². The molecule has 56 valence electrons. The van der Waals surface area contributed by atoms with E-state index in [1.807, 2.05) is 23.6 Å². The predicted molar refractivity (Wildman–Crippen MR) is 54.1 cm³/mol. The predicted octanol–water partition coefficient (Wildman–Crippen LogP) is 3.84. The summed E-state index contributed by atoms with van der Waals surface area (Å²) in [5.74, 6) is 0. The molecule has 0 aliphatic rings. The van der Waals surface area contributed by atoms with Crippen LogP contribution in [0.3, 0.4) is 0 Å². The van der Waals surface area contributed by atoms with E-state index < -0.39 is 0 Å². The zero-order valence-electron chi connectivity index (χ0n) is 5.54. The van der Waals surface area contributed by atoms with Gasteiger partial charge in [-0.25, -0.2) is 0 Å². The standard InChI is InChI=1S/C8H5ClS2/c9-7-4-11-8-3-5(10)1-2-6(7)8/h1-4,10H. The number of halogens is 1. The molecule has 3 heteroatoms. The van der Waals surface area contributed by atoms with Crippen LogP contribution < -0.4 is 0 Å². The lowest BCUT2D eigenvalue weighted by Gasteiger charge is -1.90. The van der Waals surface area contributed by atoms with E-state index in [1.54, 1.807) is 11.3 Å². The van der Waals surface area contributed by atoms with Gasteiger partial charge in [-0.1, -0.05) is 17.7 Å². The first-order valence-electron chi connectivity index (χ1n) is 3.13. The highest BCUT2D eigenvalue weighted by molar-refractivity contribution is 7.80. The van der Waals surface area contributed by atoms with Crippen LogP contribution in [0.1, 0.15) is 0 Å². The van der Waals surface area contributed by atoms with Crippen LogP contribution in [0.4, 0.5) is 0 Å². The fourth-order valence-electron chi connectivity index (χ4n) is 0.985. The normalized spacial score (nSPS) is 10.7. The molecular formula is C8H5ClS2. The summed E-state index contributed by atoms with van der Waals surface area (Å²) in [7, 11) is 0. The lowest BCUT2D eigenvalue weighted by molar-refractivity contribution is 1.55. The zero-order valence-corrected chi connectivity index (χ0v) is 8.01. The Morgan fingerprint density at radius 1 is 1.36 bits per heavy atom. The summed E-state index contributed by atoms with van der Waals surface area (Å²) in [6, 6.07) is 5.97. The highest BCUT2D eigenvalue weighted by Crippen LogP contribution is 2.30. The van der Waals surface area contributed by atoms with Crippen molar-refractivity contribution < 1.29 is 0 Å². The number of thiophene rings is 1. The first-order valence-corrected chi connectivity index (χ1v) is 4.83. The smallest absolute Gasteiger partial charge is 0.0591 e. The Balaban J connectivity index is 2.86. The van der Waals surface area contributed by atoms with E-state index in [0.717, 1.165) is 15.3 Å². The fraction of sp³-hybridized carbons (Fsp3) is 0. The molecule has 0 saturated carbocycles. The minimum atomic E-state index is 0.832. The Hall–Kier alpha value is -0.180. The number of hydrogen-bond acceptors (Lipinski definition) is 2. The van der Waals surface area contributed by atoms with Gasteiger partial charge in [0.05, 0.1) is 5.02 Å². The van der Waals surface area contributed by atoms with E-state index in [0.29, 0.717) is 0 Å². The highest BCUT2D eigenvalue weighted by atomic mass is 35.5. The molecule has 0 N–H and O–H groups in total. The Kier molecular flexibility index (Phi) is 1.83. The van der Waals surface area contributed by atoms with E-state index in [1.165, 1.54) is 4.70 Å². The number of thiol groups is 1. The average Bonchev–Trinajstić information content (AvgIpc) is 2.32. The Morgan fingerprint density at radius 3 is 3.00 bits per heavy atom. The van der Waals surface area contributed by atoms with Gasteiger partial charge in [-0.3, -0.25) is 0 Å². The third kappa shape index (κ3) is 1.26. The van der Waals surface area contributed by atoms with Crippen molar-refractivity contribution in [3.63, 3.8) is 0 Å². The first-order chi connectivity index (χ1) is 5.27. The van der Waals surface area contributed by atoms with E-state index in [-0.39, 0.29) is 0 Å². The molecule has 0 amide bonds. The van der Waals surface area contributed by atoms with E-state index >= 15 is 0 Å². The fourth-order valence-corrected chi connectivity index (χ4v) is 2.49. The van der Waals surface area contributed by atoms with Crippen molar-refractivity contribution >= 4 is 45.7 Å². The second-order valence-corrected chi connectivity index (χ2v) is 4.10. The molecular weight excluding hydrogens is 196 g/mol. The third-order valence-corrected chi connectivity index (χ3v) is 3.18. The Morgan fingerprint density at radius 2 is 2.18 bits per heavy atom. The minimum absolute atomic E-state index is 0.832. The van der Waals surface area contributed by atoms with Gasteiger partial charge in [0.25, 0.3) is 0 Å². The van der Waals surface area contributed by atoms with Gasteiger partial charge < -0.3 is 0 Å². The van der Waals surface area contributed by atoms with Gasteiger partial charge in [0.1, 0.15) is 0 Å². The third-order valence-electron chi connectivity index (χ3n) is 1.51. The van der Waals surface area contributed by atoms with Gasteiger partial charge in [0, 0.05) is 20.4 Å². The van der Waals surface area contributed by atoms with Crippen LogP contribution in [-0.4, -0.2) is 0 Å². The van der Waals surface area contributed by atoms with Crippen LogP contribution in [-0.2, 0) is 0 Å². The van der Waals surface area contributed by atoms with E-state index in [4.69, 9.17) is 11.6 Å². The topological polar surface area (TPSA) is 0 Å². The largest absolute Gasteiger partial charge is 0.143 e. The molecule has 1 heterocycles. The minimum Gasteiger partial charge on any atom is -0.143 e. The van der Waals surface area contributed by atoms with Crippen molar-refractivity contribution in [2.45, 2.75) is 4.90 Å². The second kappa shape index (κ2) is 2.70. The molecule has 11 heavy (non-hydrogen) atoms. The second-order valence-electron chi connectivity index (χ2n) is 2.26. The van der Waals surface area contributed by atoms with E-state index in [9.17, 15) is 0 Å². The van der Waals surface area contributed by atoms with Crippen LogP contribution in [0.2, 0.25) is 5.02 Å². The van der Waals surface area contributed by atoms with Crippen molar-refractivity contribution in [1.29, 1.82) is 0 Å². The van der Waals surface area contributed by atoms with Crippen LogP contribution in [0.15, 0.2) is 28.5 Å². The molecule has 0 nitrogen and oxygen atoms in total. The summed E-state index contributed by atoms with van der Waals surface area (Å²) in [4.78, 5) is 0.982. The van der Waals surface area contributed by atoms with Crippen LogP contribution in [0.25, 0.3) is 10.1 Å². The van der Waals surface area contributed by atoms with Gasteiger partial charge in [-0.05, 0) is 12.1 Å². The lowest BCUT2D eigenvalue weighted by Crippen LogP contribution is -1.64. The summed E-state index contributed by atoms with van der Waals surface area (Å²) in [5.41, 5.74) is 0. The number of rotatable bonds is 0. The number of fused-ring (bicyclic) bond motifs is 1. The molecule has 1 aromatic carbocycles. The molecule has 0 unspecified atom stereocenters. The maximum atomic E-state index is 5.91. The van der Waals surface area contributed by atoms with Crippen molar-refractivity contribution in [1.82, 2.24) is 0 Å². The zero-order chi connectivity index (χ0) is 7.84. The molecule has 0 bridgehead atoms. The maximum absolute atomic E-state index is 5.91. The maximum Gasteiger partial charge on any atom is 0.0591 e. The number of hydrogen-bond donors (Lipinski definition) is 1. The van der Waals surface area contributed by atoms with Crippen molar-refractivity contribution in [3.8, 4) is 0 Å². The highest BCUT2D eigenvalue weighted by Gasteiger charge is 1.99. The molecule has 0 saturated heterocycles. The molecule has 2 aromatic rings. The van der Waals surface area contributed by atoms with Crippen molar-refractivity contribution in [2.75, 3.05) is 0 Å². The van der Waals surface area contributed by atoms with Crippen molar-refractivity contribution in [2.24, 2.45) is 0 Å². The summed E-state index contributed by atoms with van der Waals surface area (Å²) >= 11 is 11.8. The Bertz CT molecular complexity index is 392. The summed E-state index contributed by atoms with van der Waals surface area (Å²) in [5, 5.41) is 3.90. The molecule has 0 aliphatic heterocycles. The molecule has 0 spiro atoms.